The highest BCUT2D eigenvalue weighted by atomic mass is 19.1. The highest BCUT2D eigenvalue weighted by molar-refractivity contribution is 5.21. The van der Waals surface area contributed by atoms with Crippen LogP contribution >= 0.6 is 0 Å². The minimum Gasteiger partial charge on any atom is -0.170 e. The molecule has 0 atom stereocenters. The van der Waals surface area contributed by atoms with Crippen molar-refractivity contribution in [1.29, 1.82) is 0 Å². The molecule has 1 aromatic rings. The minimum atomic E-state index is -0.940. The van der Waals surface area contributed by atoms with Gasteiger partial charge in [-0.3, -0.25) is 0 Å². The van der Waals surface area contributed by atoms with Crippen LogP contribution in [-0.4, -0.2) is 15.0 Å². The van der Waals surface area contributed by atoms with E-state index in [0.29, 0.717) is 0 Å². The second-order valence-electron chi connectivity index (χ2n) is 1.58. The third kappa shape index (κ3) is 1.04. The molecule has 0 aliphatic carbocycles. The number of fused-ring (bicyclic) bond motifs is 2. The van der Waals surface area contributed by atoms with Crippen molar-refractivity contribution in [3.63, 3.8) is 0 Å². The van der Waals surface area contributed by atoms with E-state index in [1.807, 2.05) is 0 Å². The van der Waals surface area contributed by atoms with Crippen LogP contribution in [0.4, 0.5) is 16.3 Å². The first-order valence-electron chi connectivity index (χ1n) is 2.58. The molecule has 7 nitrogen and oxygen atoms in total. The molecule has 2 heterocycles. The van der Waals surface area contributed by atoms with Gasteiger partial charge in [-0.05, 0) is 10.4 Å². The van der Waals surface area contributed by atoms with Gasteiger partial charge in [0.05, 0.1) is 0 Å². The van der Waals surface area contributed by atoms with Crippen molar-refractivity contribution < 1.29 is 4.39 Å². The van der Waals surface area contributed by atoms with Crippen LogP contribution in [0.5, 0.6) is 0 Å². The average molecular weight is 153 g/mol. The Morgan fingerprint density at radius 1 is 0.818 bits per heavy atom. The molecule has 54 valence electrons. The van der Waals surface area contributed by atoms with Gasteiger partial charge in [-0.2, -0.15) is 19.3 Å². The number of nitrogens with zero attached hydrogens (tertiary/aromatic N) is 7. The van der Waals surface area contributed by atoms with E-state index in [1.54, 1.807) is 0 Å². The highest BCUT2D eigenvalue weighted by Gasteiger charge is 2.06. The second-order valence-corrected chi connectivity index (χ2v) is 1.58. The largest absolute Gasteiger partial charge is 0.315 e. The lowest BCUT2D eigenvalue weighted by molar-refractivity contribution is 0.535. The highest BCUT2D eigenvalue weighted by Crippen LogP contribution is 2.14. The van der Waals surface area contributed by atoms with Crippen LogP contribution in [0.3, 0.4) is 0 Å². The normalized spacial score (nSPS) is 13.2. The van der Waals surface area contributed by atoms with Crippen LogP contribution in [0.2, 0.25) is 0 Å². The summed E-state index contributed by atoms with van der Waals surface area (Å²) in [5.74, 6) is -0.255. The maximum absolute atomic E-state index is 12.4. The zero-order valence-electron chi connectivity index (χ0n) is 5.01. The molecule has 11 heavy (non-hydrogen) atoms. The quantitative estimate of drug-likeness (QED) is 0.559. The predicted octanol–water partition coefficient (Wildman–Crippen LogP) is 1.11. The van der Waals surface area contributed by atoms with E-state index in [9.17, 15) is 4.39 Å². The van der Waals surface area contributed by atoms with Gasteiger partial charge in [-0.25, -0.2) is 0 Å². The molecule has 0 saturated carbocycles. The first kappa shape index (κ1) is 5.89. The SMILES string of the molecule is Fc1nc2nc(n1)N=NN=N2. The molecule has 2 bridgehead atoms. The number of hydrogen-bond acceptors (Lipinski definition) is 7. The van der Waals surface area contributed by atoms with Crippen LogP contribution in [-0.2, 0) is 0 Å². The molecule has 0 aromatic carbocycles. The first-order valence-corrected chi connectivity index (χ1v) is 2.58. The molecule has 0 unspecified atom stereocenters. The molecule has 8 heteroatoms. The maximum Gasteiger partial charge on any atom is 0.315 e. The monoisotopic (exact) mass is 153 g/mol. The summed E-state index contributed by atoms with van der Waals surface area (Å²) in [5.41, 5.74) is 0. The van der Waals surface area contributed by atoms with Crippen LogP contribution in [0.15, 0.2) is 20.7 Å². The lowest BCUT2D eigenvalue weighted by Crippen LogP contribution is -1.90. The summed E-state index contributed by atoms with van der Waals surface area (Å²) in [6.07, 6.45) is -0.940. The predicted molar refractivity (Wildman–Crippen MR) is 28.8 cm³/mol. The molecule has 0 N–H and O–H groups in total. The Bertz CT molecular complexity index is 313. The lowest BCUT2D eigenvalue weighted by atomic mass is 10.9. The second kappa shape index (κ2) is 2.08. The van der Waals surface area contributed by atoms with Crippen LogP contribution < -0.4 is 0 Å². The molecular formula is C3FN7. The Labute approximate surface area is 59.1 Å². The summed E-state index contributed by atoms with van der Waals surface area (Å²) in [7, 11) is 0. The van der Waals surface area contributed by atoms with E-state index in [-0.39, 0.29) is 11.9 Å². The fraction of sp³-hybridized carbons (Fsp3) is 0. The van der Waals surface area contributed by atoms with Crippen molar-refractivity contribution in [2.75, 3.05) is 0 Å². The molecule has 0 fully saturated rings. The van der Waals surface area contributed by atoms with Crippen molar-refractivity contribution in [3.05, 3.63) is 6.08 Å². The number of rotatable bonds is 0. The van der Waals surface area contributed by atoms with Gasteiger partial charge in [0.15, 0.2) is 0 Å². The summed E-state index contributed by atoms with van der Waals surface area (Å²) in [4.78, 5) is 9.94. The molecule has 0 amide bonds. The van der Waals surface area contributed by atoms with E-state index in [0.717, 1.165) is 0 Å². The van der Waals surface area contributed by atoms with Crippen molar-refractivity contribution >= 4 is 11.9 Å². The van der Waals surface area contributed by atoms with Gasteiger partial charge in [0.25, 0.3) is 11.9 Å². The third-order valence-corrected chi connectivity index (χ3v) is 0.893. The molecular weight excluding hydrogens is 153 g/mol. The molecule has 0 saturated heterocycles. The van der Waals surface area contributed by atoms with Gasteiger partial charge in [0, 0.05) is 0 Å². The number of hydrogen-bond donors (Lipinski definition) is 0. The minimum absolute atomic E-state index is 0.127. The summed E-state index contributed by atoms with van der Waals surface area (Å²) in [6, 6.07) is 0. The first-order chi connectivity index (χ1) is 5.34. The Morgan fingerprint density at radius 2 is 1.36 bits per heavy atom. The van der Waals surface area contributed by atoms with Gasteiger partial charge >= 0.3 is 6.08 Å². The number of aromatic nitrogens is 3. The summed E-state index contributed by atoms with van der Waals surface area (Å²) in [5, 5.41) is 12.9. The third-order valence-electron chi connectivity index (χ3n) is 0.893. The summed E-state index contributed by atoms with van der Waals surface area (Å²) in [6.45, 7) is 0. The molecule has 1 aliphatic heterocycles. The standard InChI is InChI=1S/C3FN7/c4-1-5-2-7-3(6-1)9-11-10-8-2. The van der Waals surface area contributed by atoms with Crippen molar-refractivity contribution in [2.24, 2.45) is 20.7 Å². The van der Waals surface area contributed by atoms with Gasteiger partial charge < -0.3 is 0 Å². The molecule has 2 rings (SSSR count). The molecule has 1 aliphatic rings. The maximum atomic E-state index is 12.4. The van der Waals surface area contributed by atoms with E-state index in [4.69, 9.17) is 0 Å². The zero-order valence-corrected chi connectivity index (χ0v) is 5.01. The number of halogens is 1. The van der Waals surface area contributed by atoms with Crippen LogP contribution in [0.1, 0.15) is 0 Å². The van der Waals surface area contributed by atoms with Gasteiger partial charge in [0.1, 0.15) is 0 Å². The van der Waals surface area contributed by atoms with E-state index < -0.39 is 6.08 Å². The summed E-state index contributed by atoms with van der Waals surface area (Å²) < 4.78 is 12.4. The fourth-order valence-electron chi connectivity index (χ4n) is 0.539. The lowest BCUT2D eigenvalue weighted by Gasteiger charge is -1.87. The molecule has 0 spiro atoms. The van der Waals surface area contributed by atoms with E-state index in [1.165, 1.54) is 0 Å². The van der Waals surface area contributed by atoms with Gasteiger partial charge in [-0.15, -0.1) is 0 Å². The Kier molecular flexibility index (Phi) is 1.11. The Morgan fingerprint density at radius 3 is 1.91 bits per heavy atom. The summed E-state index contributed by atoms with van der Waals surface area (Å²) >= 11 is 0. The van der Waals surface area contributed by atoms with E-state index >= 15 is 0 Å². The van der Waals surface area contributed by atoms with Crippen LogP contribution in [0, 0.1) is 6.08 Å². The van der Waals surface area contributed by atoms with Crippen LogP contribution in [0.25, 0.3) is 0 Å². The molecule has 0 radical (unpaired) electrons. The smallest absolute Gasteiger partial charge is 0.170 e. The van der Waals surface area contributed by atoms with Gasteiger partial charge in [0.2, 0.25) is 0 Å². The van der Waals surface area contributed by atoms with E-state index in [2.05, 4.69) is 35.6 Å². The van der Waals surface area contributed by atoms with Gasteiger partial charge in [-0.1, -0.05) is 10.2 Å². The topological polar surface area (TPSA) is 88.1 Å². The van der Waals surface area contributed by atoms with Crippen molar-refractivity contribution in [1.82, 2.24) is 15.0 Å². The van der Waals surface area contributed by atoms with Crippen molar-refractivity contribution in [2.45, 2.75) is 0 Å². The Balaban J connectivity index is 2.66. The zero-order chi connectivity index (χ0) is 7.68. The fourth-order valence-corrected chi connectivity index (χ4v) is 0.539. The molecule has 1 aromatic heterocycles. The average Bonchev–Trinajstić information content (AvgIpc) is 2.11. The van der Waals surface area contributed by atoms with Crippen molar-refractivity contribution in [3.8, 4) is 0 Å². The Hall–Kier alpha value is -1.86.